The lowest BCUT2D eigenvalue weighted by molar-refractivity contribution is -0.216. The summed E-state index contributed by atoms with van der Waals surface area (Å²) in [6.07, 6.45) is -1.25. The molecule has 2 fully saturated rings. The van der Waals surface area contributed by atoms with Crippen LogP contribution in [-0.4, -0.2) is 34.4 Å². The minimum Gasteiger partial charge on any atom is -0.438 e. The zero-order valence-electron chi connectivity index (χ0n) is 13.3. The SMILES string of the molecule is CC1(C)O[C@H]2O[C@H](c3coc(C#Cc4ccccc4)n3)[C@@H](O)[C@H]2O1. The monoisotopic (exact) mass is 327 g/mol. The first-order valence-corrected chi connectivity index (χ1v) is 7.73. The summed E-state index contributed by atoms with van der Waals surface area (Å²) in [7, 11) is 0. The summed E-state index contributed by atoms with van der Waals surface area (Å²) >= 11 is 0. The molecular formula is C18H17NO5. The Kier molecular flexibility index (Phi) is 3.66. The molecule has 2 saturated heterocycles. The van der Waals surface area contributed by atoms with E-state index in [1.165, 1.54) is 6.26 Å². The summed E-state index contributed by atoms with van der Waals surface area (Å²) < 4.78 is 22.4. The number of oxazole rings is 1. The normalized spacial score (nSPS) is 30.6. The van der Waals surface area contributed by atoms with Crippen molar-refractivity contribution in [3.8, 4) is 11.8 Å². The molecule has 3 heterocycles. The third-order valence-corrected chi connectivity index (χ3v) is 3.92. The van der Waals surface area contributed by atoms with Gasteiger partial charge in [-0.25, -0.2) is 4.98 Å². The highest BCUT2D eigenvalue weighted by Crippen LogP contribution is 2.42. The van der Waals surface area contributed by atoms with Crippen LogP contribution in [0.25, 0.3) is 0 Å². The van der Waals surface area contributed by atoms with Crippen molar-refractivity contribution in [1.82, 2.24) is 4.98 Å². The van der Waals surface area contributed by atoms with E-state index in [1.807, 2.05) is 30.3 Å². The zero-order valence-corrected chi connectivity index (χ0v) is 13.3. The van der Waals surface area contributed by atoms with Gasteiger partial charge in [-0.3, -0.25) is 0 Å². The second-order valence-corrected chi connectivity index (χ2v) is 6.21. The van der Waals surface area contributed by atoms with Crippen LogP contribution in [0, 0.1) is 11.8 Å². The average molecular weight is 327 g/mol. The number of aliphatic hydroxyl groups excluding tert-OH is 1. The van der Waals surface area contributed by atoms with Gasteiger partial charge in [-0.2, -0.15) is 0 Å². The third-order valence-electron chi connectivity index (χ3n) is 3.92. The van der Waals surface area contributed by atoms with Crippen molar-refractivity contribution in [2.45, 2.75) is 44.2 Å². The van der Waals surface area contributed by atoms with Gasteiger partial charge in [0.05, 0.1) is 0 Å². The summed E-state index contributed by atoms with van der Waals surface area (Å²) in [6.45, 7) is 3.56. The molecule has 2 aliphatic heterocycles. The number of benzene rings is 1. The van der Waals surface area contributed by atoms with Crippen LogP contribution in [0.15, 0.2) is 41.0 Å². The largest absolute Gasteiger partial charge is 0.438 e. The van der Waals surface area contributed by atoms with E-state index in [0.717, 1.165) is 5.56 Å². The Balaban J connectivity index is 1.50. The molecule has 0 unspecified atom stereocenters. The Morgan fingerprint density at radius 3 is 2.67 bits per heavy atom. The molecule has 1 aromatic heterocycles. The van der Waals surface area contributed by atoms with Crippen molar-refractivity contribution in [3.63, 3.8) is 0 Å². The van der Waals surface area contributed by atoms with E-state index in [0.29, 0.717) is 5.69 Å². The van der Waals surface area contributed by atoms with Crippen LogP contribution in [0.1, 0.15) is 37.1 Å². The van der Waals surface area contributed by atoms with Gasteiger partial charge in [-0.1, -0.05) is 24.1 Å². The fourth-order valence-corrected chi connectivity index (χ4v) is 2.86. The van der Waals surface area contributed by atoms with E-state index in [9.17, 15) is 5.11 Å². The lowest BCUT2D eigenvalue weighted by atomic mass is 10.1. The molecule has 6 heteroatoms. The molecule has 4 rings (SSSR count). The van der Waals surface area contributed by atoms with Gasteiger partial charge in [0, 0.05) is 5.56 Å². The van der Waals surface area contributed by atoms with E-state index in [4.69, 9.17) is 18.6 Å². The number of aromatic nitrogens is 1. The molecule has 0 bridgehead atoms. The van der Waals surface area contributed by atoms with Crippen LogP contribution in [0.4, 0.5) is 0 Å². The van der Waals surface area contributed by atoms with Gasteiger partial charge in [-0.05, 0) is 31.9 Å². The Labute approximate surface area is 139 Å². The van der Waals surface area contributed by atoms with Crippen LogP contribution in [-0.2, 0) is 14.2 Å². The molecule has 2 aromatic rings. The summed E-state index contributed by atoms with van der Waals surface area (Å²) in [5.74, 6) is 5.32. The molecule has 2 aliphatic rings. The summed E-state index contributed by atoms with van der Waals surface area (Å²) in [4.78, 5) is 4.28. The van der Waals surface area contributed by atoms with E-state index in [1.54, 1.807) is 13.8 Å². The fourth-order valence-electron chi connectivity index (χ4n) is 2.86. The maximum Gasteiger partial charge on any atom is 0.273 e. The molecular weight excluding hydrogens is 310 g/mol. The van der Waals surface area contributed by atoms with Gasteiger partial charge in [0.25, 0.3) is 5.89 Å². The number of rotatable bonds is 1. The van der Waals surface area contributed by atoms with Crippen LogP contribution < -0.4 is 0 Å². The highest BCUT2D eigenvalue weighted by Gasteiger charge is 2.55. The van der Waals surface area contributed by atoms with Crippen molar-refractivity contribution < 1.29 is 23.7 Å². The van der Waals surface area contributed by atoms with Gasteiger partial charge in [0.1, 0.15) is 30.3 Å². The minimum absolute atomic E-state index is 0.267. The molecule has 1 N–H and O–H groups in total. The standard InChI is InChI=1S/C18H17NO5/c1-18(2)23-16-14(20)15(22-17(16)24-18)12-10-21-13(19-12)9-8-11-6-4-3-5-7-11/h3-7,10,14-17,20H,1-2H3/t14-,15-,16-,17-/m1/s1. The van der Waals surface area contributed by atoms with Gasteiger partial charge >= 0.3 is 0 Å². The summed E-state index contributed by atoms with van der Waals surface area (Å²) in [6, 6.07) is 9.55. The predicted octanol–water partition coefficient (Wildman–Crippen LogP) is 1.98. The summed E-state index contributed by atoms with van der Waals surface area (Å²) in [5, 5.41) is 10.4. The molecule has 1 aromatic carbocycles. The average Bonchev–Trinajstić information content (AvgIpc) is 3.21. The van der Waals surface area contributed by atoms with E-state index < -0.39 is 30.4 Å². The Bertz CT molecular complexity index is 788. The number of fused-ring (bicyclic) bond motifs is 1. The van der Waals surface area contributed by atoms with Crippen molar-refractivity contribution in [1.29, 1.82) is 0 Å². The van der Waals surface area contributed by atoms with E-state index in [-0.39, 0.29) is 5.89 Å². The number of ether oxygens (including phenoxy) is 3. The van der Waals surface area contributed by atoms with Crippen LogP contribution in [0.5, 0.6) is 0 Å². The van der Waals surface area contributed by atoms with Crippen LogP contribution in [0.3, 0.4) is 0 Å². The molecule has 0 spiro atoms. The lowest BCUT2D eigenvalue weighted by Gasteiger charge is -2.21. The molecule has 124 valence electrons. The second-order valence-electron chi connectivity index (χ2n) is 6.21. The Morgan fingerprint density at radius 2 is 1.92 bits per heavy atom. The number of aliphatic hydroxyl groups is 1. The zero-order chi connectivity index (χ0) is 16.7. The molecule has 0 amide bonds. The second kappa shape index (κ2) is 5.72. The fraction of sp³-hybridized carbons (Fsp3) is 0.389. The molecule has 0 aliphatic carbocycles. The van der Waals surface area contributed by atoms with Gasteiger partial charge in [0.2, 0.25) is 0 Å². The van der Waals surface area contributed by atoms with Crippen LogP contribution in [0.2, 0.25) is 0 Å². The lowest BCUT2D eigenvalue weighted by Crippen LogP contribution is -2.31. The molecule has 4 atom stereocenters. The molecule has 0 radical (unpaired) electrons. The molecule has 24 heavy (non-hydrogen) atoms. The molecule has 6 nitrogen and oxygen atoms in total. The Morgan fingerprint density at radius 1 is 1.12 bits per heavy atom. The first-order chi connectivity index (χ1) is 11.5. The van der Waals surface area contributed by atoms with Gasteiger partial charge in [-0.15, -0.1) is 0 Å². The van der Waals surface area contributed by atoms with Crippen LogP contribution >= 0.6 is 0 Å². The first kappa shape index (κ1) is 15.4. The molecule has 0 saturated carbocycles. The highest BCUT2D eigenvalue weighted by atomic mass is 16.8. The topological polar surface area (TPSA) is 74.0 Å². The van der Waals surface area contributed by atoms with Gasteiger partial charge in [0.15, 0.2) is 12.1 Å². The maximum atomic E-state index is 10.4. The highest BCUT2D eigenvalue weighted by molar-refractivity contribution is 5.37. The van der Waals surface area contributed by atoms with Crippen molar-refractivity contribution >= 4 is 0 Å². The first-order valence-electron chi connectivity index (χ1n) is 7.73. The number of nitrogens with zero attached hydrogens (tertiary/aromatic N) is 1. The summed E-state index contributed by atoms with van der Waals surface area (Å²) in [5.41, 5.74) is 1.34. The number of hydrogen-bond donors (Lipinski definition) is 1. The Hall–Kier alpha value is -2.17. The van der Waals surface area contributed by atoms with Crippen molar-refractivity contribution in [2.24, 2.45) is 0 Å². The maximum absolute atomic E-state index is 10.4. The minimum atomic E-state index is -0.878. The van der Waals surface area contributed by atoms with Gasteiger partial charge < -0.3 is 23.7 Å². The number of hydrogen-bond acceptors (Lipinski definition) is 6. The quantitative estimate of drug-likeness (QED) is 0.808. The predicted molar refractivity (Wildman–Crippen MR) is 82.6 cm³/mol. The third kappa shape index (κ3) is 2.83. The van der Waals surface area contributed by atoms with E-state index >= 15 is 0 Å². The van der Waals surface area contributed by atoms with E-state index in [2.05, 4.69) is 16.8 Å². The smallest absolute Gasteiger partial charge is 0.273 e. The van der Waals surface area contributed by atoms with Crippen molar-refractivity contribution in [2.75, 3.05) is 0 Å². The van der Waals surface area contributed by atoms with Crippen molar-refractivity contribution in [3.05, 3.63) is 53.7 Å².